The van der Waals surface area contributed by atoms with Gasteiger partial charge < -0.3 is 19.9 Å². The molecule has 110 valence electrons. The summed E-state index contributed by atoms with van der Waals surface area (Å²) in [5, 5.41) is 0. The SMILES string of the molecule is NCCOC1CCN(c2nccn(C3CC3)c2=O)CC1. The fourth-order valence-corrected chi connectivity index (χ4v) is 2.74. The second-order valence-electron chi connectivity index (χ2n) is 5.54. The van der Waals surface area contributed by atoms with Crippen molar-refractivity contribution in [3.8, 4) is 0 Å². The molecule has 1 saturated carbocycles. The first-order chi connectivity index (χ1) is 9.79. The van der Waals surface area contributed by atoms with Crippen molar-refractivity contribution in [1.82, 2.24) is 9.55 Å². The van der Waals surface area contributed by atoms with Gasteiger partial charge in [-0.05, 0) is 25.7 Å². The summed E-state index contributed by atoms with van der Waals surface area (Å²) in [5.74, 6) is 0.594. The summed E-state index contributed by atoms with van der Waals surface area (Å²) < 4.78 is 7.50. The van der Waals surface area contributed by atoms with Gasteiger partial charge in [0.15, 0.2) is 5.82 Å². The summed E-state index contributed by atoms with van der Waals surface area (Å²) >= 11 is 0. The third-order valence-electron chi connectivity index (χ3n) is 4.00. The lowest BCUT2D eigenvalue weighted by molar-refractivity contribution is 0.0420. The minimum Gasteiger partial charge on any atom is -0.377 e. The van der Waals surface area contributed by atoms with Gasteiger partial charge in [-0.3, -0.25) is 4.79 Å². The fourth-order valence-electron chi connectivity index (χ4n) is 2.74. The molecule has 1 aliphatic carbocycles. The van der Waals surface area contributed by atoms with E-state index in [4.69, 9.17) is 10.5 Å². The quantitative estimate of drug-likeness (QED) is 0.850. The first-order valence-corrected chi connectivity index (χ1v) is 7.43. The Morgan fingerprint density at radius 2 is 2.05 bits per heavy atom. The van der Waals surface area contributed by atoms with Crippen LogP contribution in [0.2, 0.25) is 0 Å². The second-order valence-corrected chi connectivity index (χ2v) is 5.54. The van der Waals surface area contributed by atoms with Gasteiger partial charge in [-0.2, -0.15) is 0 Å². The molecule has 2 heterocycles. The Labute approximate surface area is 118 Å². The topological polar surface area (TPSA) is 73.4 Å². The number of rotatable bonds is 5. The molecule has 0 amide bonds. The molecule has 6 heteroatoms. The lowest BCUT2D eigenvalue weighted by Crippen LogP contribution is -2.41. The highest BCUT2D eigenvalue weighted by Gasteiger charge is 2.27. The molecule has 1 saturated heterocycles. The van der Waals surface area contributed by atoms with Crippen molar-refractivity contribution in [2.45, 2.75) is 37.8 Å². The molecule has 1 aliphatic heterocycles. The van der Waals surface area contributed by atoms with E-state index in [0.717, 1.165) is 38.8 Å². The predicted octanol–water partition coefficient (Wildman–Crippen LogP) is 0.522. The van der Waals surface area contributed by atoms with E-state index in [0.29, 0.717) is 25.0 Å². The molecule has 3 rings (SSSR count). The van der Waals surface area contributed by atoms with Crippen LogP contribution in [0, 0.1) is 0 Å². The zero-order valence-corrected chi connectivity index (χ0v) is 11.7. The number of aromatic nitrogens is 2. The van der Waals surface area contributed by atoms with E-state index < -0.39 is 0 Å². The summed E-state index contributed by atoms with van der Waals surface area (Å²) in [7, 11) is 0. The van der Waals surface area contributed by atoms with Gasteiger partial charge in [-0.1, -0.05) is 0 Å². The average Bonchev–Trinajstić information content (AvgIpc) is 3.31. The molecular formula is C14H22N4O2. The highest BCUT2D eigenvalue weighted by atomic mass is 16.5. The van der Waals surface area contributed by atoms with Gasteiger partial charge >= 0.3 is 0 Å². The van der Waals surface area contributed by atoms with Gasteiger partial charge in [0.2, 0.25) is 0 Å². The highest BCUT2D eigenvalue weighted by molar-refractivity contribution is 5.36. The molecule has 6 nitrogen and oxygen atoms in total. The molecular weight excluding hydrogens is 256 g/mol. The molecule has 0 bridgehead atoms. The molecule has 2 fully saturated rings. The summed E-state index contributed by atoms with van der Waals surface area (Å²) in [6.45, 7) is 2.83. The number of hydrogen-bond acceptors (Lipinski definition) is 5. The van der Waals surface area contributed by atoms with Crippen LogP contribution in [-0.2, 0) is 4.74 Å². The molecule has 1 aromatic rings. The van der Waals surface area contributed by atoms with Crippen LogP contribution in [0.15, 0.2) is 17.2 Å². The van der Waals surface area contributed by atoms with Crippen molar-refractivity contribution >= 4 is 5.82 Å². The zero-order valence-electron chi connectivity index (χ0n) is 11.7. The van der Waals surface area contributed by atoms with E-state index in [1.165, 1.54) is 0 Å². The Balaban J connectivity index is 1.66. The van der Waals surface area contributed by atoms with Crippen molar-refractivity contribution in [2.24, 2.45) is 5.73 Å². The molecule has 2 aliphatic rings. The third-order valence-corrected chi connectivity index (χ3v) is 4.00. The number of hydrogen-bond donors (Lipinski definition) is 1. The van der Waals surface area contributed by atoms with Crippen molar-refractivity contribution < 1.29 is 4.74 Å². The van der Waals surface area contributed by atoms with Crippen LogP contribution >= 0.6 is 0 Å². The molecule has 0 aromatic carbocycles. The number of piperidine rings is 1. The van der Waals surface area contributed by atoms with E-state index in [-0.39, 0.29) is 11.7 Å². The van der Waals surface area contributed by atoms with Crippen LogP contribution in [0.3, 0.4) is 0 Å². The van der Waals surface area contributed by atoms with Crippen LogP contribution in [0.4, 0.5) is 5.82 Å². The lowest BCUT2D eigenvalue weighted by Gasteiger charge is -2.32. The molecule has 0 unspecified atom stereocenters. The predicted molar refractivity (Wildman–Crippen MR) is 77.0 cm³/mol. The van der Waals surface area contributed by atoms with Crippen LogP contribution in [0.5, 0.6) is 0 Å². The van der Waals surface area contributed by atoms with E-state index in [9.17, 15) is 4.79 Å². The summed E-state index contributed by atoms with van der Waals surface area (Å²) in [6, 6.07) is 0.398. The Bertz CT molecular complexity index is 504. The standard InChI is InChI=1S/C14H22N4O2/c15-5-10-20-12-3-7-17(8-4-12)13-14(19)18(9-6-16-13)11-1-2-11/h6,9,11-12H,1-5,7-8,10,15H2. The van der Waals surface area contributed by atoms with Gasteiger partial charge in [0.05, 0.1) is 12.7 Å². The maximum atomic E-state index is 12.4. The molecule has 1 aromatic heterocycles. The Hall–Kier alpha value is -1.40. The Morgan fingerprint density at radius 1 is 1.30 bits per heavy atom. The third kappa shape index (κ3) is 2.86. The lowest BCUT2D eigenvalue weighted by atomic mass is 10.1. The van der Waals surface area contributed by atoms with E-state index in [2.05, 4.69) is 9.88 Å². The molecule has 0 radical (unpaired) electrons. The van der Waals surface area contributed by atoms with E-state index in [1.807, 2.05) is 4.57 Å². The monoisotopic (exact) mass is 278 g/mol. The second kappa shape index (κ2) is 5.93. The van der Waals surface area contributed by atoms with Gasteiger partial charge in [-0.25, -0.2) is 4.98 Å². The van der Waals surface area contributed by atoms with Crippen molar-refractivity contribution in [2.75, 3.05) is 31.1 Å². The molecule has 20 heavy (non-hydrogen) atoms. The fraction of sp³-hybridized carbons (Fsp3) is 0.714. The largest absolute Gasteiger partial charge is 0.377 e. The van der Waals surface area contributed by atoms with Crippen LogP contribution < -0.4 is 16.2 Å². The Morgan fingerprint density at radius 3 is 2.70 bits per heavy atom. The van der Waals surface area contributed by atoms with Crippen LogP contribution in [0.25, 0.3) is 0 Å². The number of nitrogens with zero attached hydrogens (tertiary/aromatic N) is 3. The molecule has 0 atom stereocenters. The van der Waals surface area contributed by atoms with Crippen molar-refractivity contribution in [1.29, 1.82) is 0 Å². The number of anilines is 1. The summed E-state index contributed by atoms with van der Waals surface area (Å²) in [4.78, 5) is 18.8. The van der Waals surface area contributed by atoms with Gasteiger partial charge in [0.25, 0.3) is 5.56 Å². The minimum atomic E-state index is 0.0522. The normalized spacial score (nSPS) is 20.4. The first kappa shape index (κ1) is 13.6. The maximum absolute atomic E-state index is 12.4. The highest BCUT2D eigenvalue weighted by Crippen LogP contribution is 2.33. The number of nitrogens with two attached hydrogens (primary N) is 1. The number of ether oxygens (including phenoxy) is 1. The summed E-state index contributed by atoms with van der Waals surface area (Å²) in [6.07, 6.45) is 7.90. The maximum Gasteiger partial charge on any atom is 0.293 e. The van der Waals surface area contributed by atoms with Crippen LogP contribution in [-0.4, -0.2) is 41.9 Å². The minimum absolute atomic E-state index is 0.0522. The van der Waals surface area contributed by atoms with Gasteiger partial charge in [-0.15, -0.1) is 0 Å². The first-order valence-electron chi connectivity index (χ1n) is 7.43. The van der Waals surface area contributed by atoms with Crippen LogP contribution in [0.1, 0.15) is 31.7 Å². The van der Waals surface area contributed by atoms with Gasteiger partial charge in [0.1, 0.15) is 0 Å². The van der Waals surface area contributed by atoms with E-state index in [1.54, 1.807) is 12.4 Å². The zero-order chi connectivity index (χ0) is 13.9. The van der Waals surface area contributed by atoms with Crippen molar-refractivity contribution in [3.05, 3.63) is 22.7 Å². The molecule has 0 spiro atoms. The van der Waals surface area contributed by atoms with Crippen molar-refractivity contribution in [3.63, 3.8) is 0 Å². The Kier molecular flexibility index (Phi) is 4.03. The smallest absolute Gasteiger partial charge is 0.293 e. The van der Waals surface area contributed by atoms with Gasteiger partial charge in [0, 0.05) is 38.1 Å². The molecule has 2 N–H and O–H groups in total. The average molecular weight is 278 g/mol. The van der Waals surface area contributed by atoms with E-state index >= 15 is 0 Å². The summed E-state index contributed by atoms with van der Waals surface area (Å²) in [5.41, 5.74) is 5.50.